The Balaban J connectivity index is 2.48. The zero-order valence-corrected chi connectivity index (χ0v) is 12.0. The van der Waals surface area contributed by atoms with Gasteiger partial charge in [-0.05, 0) is 41.9 Å². The second-order valence-electron chi connectivity index (χ2n) is 3.47. The Labute approximate surface area is 109 Å². The van der Waals surface area contributed by atoms with Gasteiger partial charge in [-0.2, -0.15) is 0 Å². The van der Waals surface area contributed by atoms with E-state index in [0.717, 1.165) is 8.66 Å². The van der Waals surface area contributed by atoms with Crippen LogP contribution in [0.5, 0.6) is 0 Å². The lowest BCUT2D eigenvalue weighted by atomic mass is 10.3. The summed E-state index contributed by atoms with van der Waals surface area (Å²) in [6.07, 6.45) is 0.0288. The first-order valence-electron chi connectivity index (χ1n) is 5.35. The predicted molar refractivity (Wildman–Crippen MR) is 70.9 cm³/mol. The van der Waals surface area contributed by atoms with E-state index in [4.69, 9.17) is 15.2 Å². The number of ether oxygens (including phenoxy) is 2. The van der Waals surface area contributed by atoms with Crippen molar-refractivity contribution in [2.45, 2.75) is 26.1 Å². The van der Waals surface area contributed by atoms with E-state index < -0.39 is 0 Å². The molecule has 1 rings (SSSR count). The summed E-state index contributed by atoms with van der Waals surface area (Å²) in [5.41, 5.74) is 5.72. The van der Waals surface area contributed by atoms with Crippen molar-refractivity contribution in [2.75, 3.05) is 19.8 Å². The minimum atomic E-state index is -0.0354. The molecule has 0 bridgehead atoms. The normalized spacial score (nSPS) is 15.0. The zero-order valence-electron chi connectivity index (χ0n) is 9.61. The molecule has 0 saturated carbocycles. The van der Waals surface area contributed by atoms with Crippen molar-refractivity contribution in [1.82, 2.24) is 0 Å². The van der Waals surface area contributed by atoms with E-state index in [1.165, 1.54) is 0 Å². The first kappa shape index (κ1) is 14.1. The summed E-state index contributed by atoms with van der Waals surface area (Å²) in [5.74, 6) is 0. The van der Waals surface area contributed by atoms with Crippen molar-refractivity contribution in [3.05, 3.63) is 20.8 Å². The van der Waals surface area contributed by atoms with E-state index in [-0.39, 0.29) is 12.2 Å². The number of hydrogen-bond donors (Lipinski definition) is 1. The molecule has 0 aromatic carbocycles. The fourth-order valence-electron chi connectivity index (χ4n) is 1.34. The molecule has 5 heteroatoms. The van der Waals surface area contributed by atoms with Crippen molar-refractivity contribution < 1.29 is 9.47 Å². The summed E-state index contributed by atoms with van der Waals surface area (Å²) >= 11 is 5.09. The average molecular weight is 308 g/mol. The number of thiophene rings is 1. The van der Waals surface area contributed by atoms with Gasteiger partial charge in [-0.3, -0.25) is 0 Å². The smallest absolute Gasteiger partial charge is 0.104 e. The maximum Gasteiger partial charge on any atom is 0.104 e. The van der Waals surface area contributed by atoms with E-state index in [0.29, 0.717) is 19.8 Å². The molecule has 1 aromatic heterocycles. The van der Waals surface area contributed by atoms with Crippen molar-refractivity contribution in [2.24, 2.45) is 5.73 Å². The third-order valence-electron chi connectivity index (χ3n) is 2.08. The lowest BCUT2D eigenvalue weighted by Gasteiger charge is -2.20. The molecule has 2 unspecified atom stereocenters. The second-order valence-corrected chi connectivity index (χ2v) is 5.97. The minimum absolute atomic E-state index is 0.0354. The molecule has 3 nitrogen and oxygen atoms in total. The fraction of sp³-hybridized carbons (Fsp3) is 0.636. The Kier molecular flexibility index (Phi) is 6.53. The van der Waals surface area contributed by atoms with Crippen LogP contribution >= 0.6 is 27.3 Å². The molecule has 0 fully saturated rings. The molecular formula is C11H18BrNO2S. The molecule has 0 radical (unpaired) electrons. The van der Waals surface area contributed by atoms with Crippen LogP contribution in [0.3, 0.4) is 0 Å². The summed E-state index contributed by atoms with van der Waals surface area (Å²) in [4.78, 5) is 1.15. The molecule has 0 spiro atoms. The van der Waals surface area contributed by atoms with Gasteiger partial charge in [0.1, 0.15) is 6.10 Å². The van der Waals surface area contributed by atoms with Crippen LogP contribution in [0.25, 0.3) is 0 Å². The molecule has 0 aliphatic heterocycles. The predicted octanol–water partition coefficient (Wildman–Crippen LogP) is 2.95. The number of nitrogens with two attached hydrogens (primary N) is 1. The molecule has 0 aliphatic carbocycles. The standard InChI is InChI=1S/C11H18BrNO2S/c1-3-14-7-8(2)15-9(6-13)10-4-5-11(12)16-10/h4-5,8-9H,3,6-7,13H2,1-2H3. The van der Waals surface area contributed by atoms with Crippen molar-refractivity contribution >= 4 is 27.3 Å². The first-order valence-corrected chi connectivity index (χ1v) is 6.96. The molecule has 0 aliphatic rings. The number of hydrogen-bond acceptors (Lipinski definition) is 4. The van der Waals surface area contributed by atoms with Crippen LogP contribution in [0.15, 0.2) is 15.9 Å². The third-order valence-corrected chi connectivity index (χ3v) is 3.79. The Morgan fingerprint density at radius 3 is 2.75 bits per heavy atom. The molecule has 1 aromatic rings. The van der Waals surface area contributed by atoms with Crippen LogP contribution in [0.1, 0.15) is 24.8 Å². The van der Waals surface area contributed by atoms with Crippen molar-refractivity contribution in [3.63, 3.8) is 0 Å². The van der Waals surface area contributed by atoms with Gasteiger partial charge >= 0.3 is 0 Å². The molecule has 1 heterocycles. The van der Waals surface area contributed by atoms with E-state index in [9.17, 15) is 0 Å². The Morgan fingerprint density at radius 1 is 1.50 bits per heavy atom. The van der Waals surface area contributed by atoms with E-state index in [1.807, 2.05) is 26.0 Å². The molecule has 92 valence electrons. The van der Waals surface area contributed by atoms with Crippen LogP contribution < -0.4 is 5.73 Å². The van der Waals surface area contributed by atoms with Gasteiger partial charge in [0.25, 0.3) is 0 Å². The molecule has 2 atom stereocenters. The molecule has 2 N–H and O–H groups in total. The van der Waals surface area contributed by atoms with Crippen LogP contribution in [0.2, 0.25) is 0 Å². The highest BCUT2D eigenvalue weighted by molar-refractivity contribution is 9.11. The molecular weight excluding hydrogens is 290 g/mol. The maximum absolute atomic E-state index is 5.84. The maximum atomic E-state index is 5.84. The van der Waals surface area contributed by atoms with Gasteiger partial charge in [-0.1, -0.05) is 0 Å². The van der Waals surface area contributed by atoms with Gasteiger partial charge in [-0.15, -0.1) is 11.3 Å². The van der Waals surface area contributed by atoms with Crippen LogP contribution in [0.4, 0.5) is 0 Å². The zero-order chi connectivity index (χ0) is 12.0. The van der Waals surface area contributed by atoms with Crippen molar-refractivity contribution in [3.8, 4) is 0 Å². The quantitative estimate of drug-likeness (QED) is 0.842. The van der Waals surface area contributed by atoms with Gasteiger partial charge in [0.05, 0.1) is 16.5 Å². The van der Waals surface area contributed by atoms with Crippen LogP contribution in [0, 0.1) is 0 Å². The molecule has 16 heavy (non-hydrogen) atoms. The van der Waals surface area contributed by atoms with Gasteiger partial charge in [0.2, 0.25) is 0 Å². The highest BCUT2D eigenvalue weighted by atomic mass is 79.9. The minimum Gasteiger partial charge on any atom is -0.379 e. The summed E-state index contributed by atoms with van der Waals surface area (Å²) in [7, 11) is 0. The van der Waals surface area contributed by atoms with E-state index in [2.05, 4.69) is 15.9 Å². The fourth-order valence-corrected chi connectivity index (χ4v) is 2.82. The number of halogens is 1. The highest BCUT2D eigenvalue weighted by Crippen LogP contribution is 2.29. The van der Waals surface area contributed by atoms with Crippen LogP contribution in [-0.4, -0.2) is 25.9 Å². The topological polar surface area (TPSA) is 44.5 Å². The molecule has 0 amide bonds. The van der Waals surface area contributed by atoms with Crippen LogP contribution in [-0.2, 0) is 9.47 Å². The summed E-state index contributed by atoms with van der Waals surface area (Å²) < 4.78 is 12.2. The highest BCUT2D eigenvalue weighted by Gasteiger charge is 2.15. The SMILES string of the molecule is CCOCC(C)OC(CN)c1ccc(Br)s1. The van der Waals surface area contributed by atoms with E-state index in [1.54, 1.807) is 11.3 Å². The van der Waals surface area contributed by atoms with Crippen molar-refractivity contribution in [1.29, 1.82) is 0 Å². The van der Waals surface area contributed by atoms with Gasteiger partial charge < -0.3 is 15.2 Å². The number of rotatable bonds is 7. The summed E-state index contributed by atoms with van der Waals surface area (Å²) in [6, 6.07) is 4.05. The second kappa shape index (κ2) is 7.40. The largest absolute Gasteiger partial charge is 0.379 e. The van der Waals surface area contributed by atoms with E-state index >= 15 is 0 Å². The Bertz CT molecular complexity index is 306. The summed E-state index contributed by atoms with van der Waals surface area (Å²) in [5, 5.41) is 0. The Hall–Kier alpha value is 0.0600. The monoisotopic (exact) mass is 307 g/mol. The first-order chi connectivity index (χ1) is 7.67. The van der Waals surface area contributed by atoms with Gasteiger partial charge in [0.15, 0.2) is 0 Å². The summed E-state index contributed by atoms with van der Waals surface area (Å²) in [6.45, 7) is 5.79. The third kappa shape index (κ3) is 4.51. The molecule has 0 saturated heterocycles. The average Bonchev–Trinajstić information content (AvgIpc) is 2.69. The Morgan fingerprint density at radius 2 is 2.25 bits per heavy atom. The lowest BCUT2D eigenvalue weighted by Crippen LogP contribution is -2.23. The van der Waals surface area contributed by atoms with Gasteiger partial charge in [-0.25, -0.2) is 0 Å². The van der Waals surface area contributed by atoms with Gasteiger partial charge in [0, 0.05) is 18.0 Å². The lowest BCUT2D eigenvalue weighted by molar-refractivity contribution is -0.0428.